The van der Waals surface area contributed by atoms with Gasteiger partial charge in [0.2, 0.25) is 0 Å². The third kappa shape index (κ3) is 6.19. The Morgan fingerprint density at radius 1 is 1.00 bits per heavy atom. The molecule has 0 aliphatic carbocycles. The summed E-state index contributed by atoms with van der Waals surface area (Å²) < 4.78 is 0. The van der Waals surface area contributed by atoms with Gasteiger partial charge < -0.3 is 5.73 Å². The number of rotatable bonds is 7. The van der Waals surface area contributed by atoms with Gasteiger partial charge in [0.25, 0.3) is 0 Å². The zero-order chi connectivity index (χ0) is 16.1. The highest BCUT2D eigenvalue weighted by atomic mass is 15.1. The normalized spacial score (nSPS) is 13.0. The van der Waals surface area contributed by atoms with Gasteiger partial charge in [-0.2, -0.15) is 0 Å². The van der Waals surface area contributed by atoms with Crippen molar-refractivity contribution in [1.82, 2.24) is 4.90 Å². The first kappa shape index (κ1) is 18.2. The summed E-state index contributed by atoms with van der Waals surface area (Å²) in [6.07, 6.45) is 1.18. The van der Waals surface area contributed by atoms with Crippen LogP contribution in [-0.2, 0) is 12.0 Å². The molecule has 2 N–H and O–H groups in total. The molecule has 0 aromatic heterocycles. The quantitative estimate of drug-likeness (QED) is 0.816. The maximum Gasteiger partial charge on any atom is 0.0233 e. The monoisotopic (exact) mass is 290 g/mol. The van der Waals surface area contributed by atoms with Gasteiger partial charge in [-0.1, -0.05) is 65.8 Å². The first-order valence-corrected chi connectivity index (χ1v) is 8.20. The van der Waals surface area contributed by atoms with Crippen LogP contribution >= 0.6 is 0 Å². The molecule has 120 valence electrons. The van der Waals surface area contributed by atoms with E-state index in [2.05, 4.69) is 70.7 Å². The third-order valence-electron chi connectivity index (χ3n) is 3.97. The van der Waals surface area contributed by atoms with Crippen molar-refractivity contribution < 1.29 is 0 Å². The number of hydrogen-bond acceptors (Lipinski definition) is 2. The number of nitrogens with zero attached hydrogens (tertiary/aromatic N) is 1. The Hall–Kier alpha value is -0.860. The Labute approximate surface area is 131 Å². The van der Waals surface area contributed by atoms with Gasteiger partial charge in [0, 0.05) is 13.1 Å². The fourth-order valence-corrected chi connectivity index (χ4v) is 2.57. The van der Waals surface area contributed by atoms with E-state index in [1.165, 1.54) is 17.5 Å². The van der Waals surface area contributed by atoms with E-state index in [1.54, 1.807) is 0 Å². The Kier molecular flexibility index (Phi) is 6.42. The molecule has 0 spiro atoms. The van der Waals surface area contributed by atoms with Crippen LogP contribution in [0.4, 0.5) is 0 Å². The molecule has 0 unspecified atom stereocenters. The summed E-state index contributed by atoms with van der Waals surface area (Å²) in [7, 11) is 0. The molecule has 0 amide bonds. The number of hydrogen-bond donors (Lipinski definition) is 1. The molecule has 0 saturated carbocycles. The van der Waals surface area contributed by atoms with E-state index >= 15 is 0 Å². The molecule has 0 fully saturated rings. The van der Waals surface area contributed by atoms with Gasteiger partial charge in [-0.05, 0) is 41.5 Å². The average molecular weight is 290 g/mol. The van der Waals surface area contributed by atoms with Crippen LogP contribution < -0.4 is 5.73 Å². The molecule has 2 nitrogen and oxygen atoms in total. The van der Waals surface area contributed by atoms with Crippen molar-refractivity contribution in [2.45, 2.75) is 59.9 Å². The maximum atomic E-state index is 5.89. The van der Waals surface area contributed by atoms with Gasteiger partial charge in [0.1, 0.15) is 0 Å². The van der Waals surface area contributed by atoms with Gasteiger partial charge in [-0.25, -0.2) is 0 Å². The van der Waals surface area contributed by atoms with Gasteiger partial charge in [0.15, 0.2) is 0 Å². The van der Waals surface area contributed by atoms with Gasteiger partial charge in [-0.3, -0.25) is 4.90 Å². The smallest absolute Gasteiger partial charge is 0.0233 e. The lowest BCUT2D eigenvalue weighted by atomic mass is 9.86. The van der Waals surface area contributed by atoms with E-state index in [0.29, 0.717) is 0 Å². The fraction of sp³-hybridized carbons (Fsp3) is 0.684. The van der Waals surface area contributed by atoms with Crippen molar-refractivity contribution >= 4 is 0 Å². The maximum absolute atomic E-state index is 5.89. The predicted molar refractivity (Wildman–Crippen MR) is 93.5 cm³/mol. The first-order valence-electron chi connectivity index (χ1n) is 8.20. The zero-order valence-electron chi connectivity index (χ0n) is 14.9. The first-order chi connectivity index (χ1) is 9.68. The Bertz CT molecular complexity index is 412. The summed E-state index contributed by atoms with van der Waals surface area (Å²) in [4.78, 5) is 2.53. The molecule has 0 aliphatic rings. The lowest BCUT2D eigenvalue weighted by Gasteiger charge is -2.32. The number of nitrogens with two attached hydrogens (primary N) is 1. The topological polar surface area (TPSA) is 29.3 Å². The molecule has 0 heterocycles. The average Bonchev–Trinajstić information content (AvgIpc) is 2.38. The zero-order valence-corrected chi connectivity index (χ0v) is 14.9. The molecule has 2 heteroatoms. The van der Waals surface area contributed by atoms with Crippen molar-refractivity contribution in [3.8, 4) is 0 Å². The fourth-order valence-electron chi connectivity index (χ4n) is 2.57. The molecule has 21 heavy (non-hydrogen) atoms. The molecule has 1 aromatic rings. The summed E-state index contributed by atoms with van der Waals surface area (Å²) in [5, 5.41) is 0. The highest BCUT2D eigenvalue weighted by molar-refractivity contribution is 5.27. The highest BCUT2D eigenvalue weighted by Crippen LogP contribution is 2.23. The van der Waals surface area contributed by atoms with Crippen molar-refractivity contribution in [1.29, 1.82) is 0 Å². The van der Waals surface area contributed by atoms with E-state index < -0.39 is 0 Å². The minimum atomic E-state index is 0.181. The van der Waals surface area contributed by atoms with E-state index in [-0.39, 0.29) is 10.8 Å². The largest absolute Gasteiger partial charge is 0.330 e. The van der Waals surface area contributed by atoms with Crippen LogP contribution in [0.5, 0.6) is 0 Å². The van der Waals surface area contributed by atoms with E-state index in [0.717, 1.165) is 26.2 Å². The second-order valence-corrected chi connectivity index (χ2v) is 8.03. The molecule has 1 rings (SSSR count). The Morgan fingerprint density at radius 3 is 2.00 bits per heavy atom. The Morgan fingerprint density at radius 2 is 1.57 bits per heavy atom. The summed E-state index contributed by atoms with van der Waals surface area (Å²) in [5.41, 5.74) is 9.08. The van der Waals surface area contributed by atoms with Crippen LogP contribution in [-0.4, -0.2) is 24.5 Å². The van der Waals surface area contributed by atoms with Gasteiger partial charge in [-0.15, -0.1) is 0 Å². The standard InChI is InChI=1S/C19H34N2/c1-7-12-21(15-19(5,6)14-20)13-16-8-10-17(11-9-16)18(2,3)4/h8-11H,7,12-15,20H2,1-6H3. The van der Waals surface area contributed by atoms with Crippen LogP contribution in [0.25, 0.3) is 0 Å². The van der Waals surface area contributed by atoms with Crippen molar-refractivity contribution in [3.05, 3.63) is 35.4 Å². The summed E-state index contributed by atoms with van der Waals surface area (Å²) >= 11 is 0. The lowest BCUT2D eigenvalue weighted by molar-refractivity contribution is 0.176. The highest BCUT2D eigenvalue weighted by Gasteiger charge is 2.20. The molecule has 0 atom stereocenters. The molecule has 1 aromatic carbocycles. The van der Waals surface area contributed by atoms with E-state index in [4.69, 9.17) is 5.73 Å². The molecule has 0 saturated heterocycles. The van der Waals surface area contributed by atoms with Crippen LogP contribution in [0.15, 0.2) is 24.3 Å². The molecule has 0 radical (unpaired) electrons. The van der Waals surface area contributed by atoms with Crippen LogP contribution in [0.2, 0.25) is 0 Å². The summed E-state index contributed by atoms with van der Waals surface area (Å²) in [5.74, 6) is 0. The van der Waals surface area contributed by atoms with Gasteiger partial charge in [0.05, 0.1) is 0 Å². The minimum Gasteiger partial charge on any atom is -0.330 e. The van der Waals surface area contributed by atoms with Crippen molar-refractivity contribution in [2.24, 2.45) is 11.1 Å². The van der Waals surface area contributed by atoms with E-state index in [9.17, 15) is 0 Å². The van der Waals surface area contributed by atoms with E-state index in [1.807, 2.05) is 0 Å². The molecular weight excluding hydrogens is 256 g/mol. The van der Waals surface area contributed by atoms with Crippen LogP contribution in [0, 0.1) is 5.41 Å². The van der Waals surface area contributed by atoms with Crippen molar-refractivity contribution in [3.63, 3.8) is 0 Å². The summed E-state index contributed by atoms with van der Waals surface area (Å²) in [6, 6.07) is 9.10. The van der Waals surface area contributed by atoms with Crippen molar-refractivity contribution in [2.75, 3.05) is 19.6 Å². The minimum absolute atomic E-state index is 0.181. The summed E-state index contributed by atoms with van der Waals surface area (Å²) in [6.45, 7) is 17.4. The molecule has 0 bridgehead atoms. The third-order valence-corrected chi connectivity index (χ3v) is 3.97. The lowest BCUT2D eigenvalue weighted by Crippen LogP contribution is -2.38. The van der Waals surface area contributed by atoms with Gasteiger partial charge >= 0.3 is 0 Å². The number of benzene rings is 1. The Balaban J connectivity index is 2.75. The second-order valence-electron chi connectivity index (χ2n) is 8.03. The SMILES string of the molecule is CCCN(Cc1ccc(C(C)(C)C)cc1)CC(C)(C)CN. The molecular formula is C19H34N2. The molecule has 0 aliphatic heterocycles. The predicted octanol–water partition coefficient (Wildman–Crippen LogP) is 4.18. The second kappa shape index (κ2) is 7.42. The van der Waals surface area contributed by atoms with Crippen LogP contribution in [0.1, 0.15) is 59.1 Å². The van der Waals surface area contributed by atoms with Crippen LogP contribution in [0.3, 0.4) is 0 Å².